The molecule has 1 fully saturated rings. The summed E-state index contributed by atoms with van der Waals surface area (Å²) in [4.78, 5) is 10.8. The summed E-state index contributed by atoms with van der Waals surface area (Å²) in [5.74, 6) is -1.24. The van der Waals surface area contributed by atoms with E-state index in [1.165, 1.54) is 14.1 Å². The number of nitrogens with zero attached hydrogens (tertiary/aromatic N) is 2. The van der Waals surface area contributed by atoms with E-state index in [4.69, 9.17) is 5.11 Å². The molecule has 0 bridgehead atoms. The van der Waals surface area contributed by atoms with E-state index < -0.39 is 28.3 Å². The lowest BCUT2D eigenvalue weighted by atomic mass is 10.2. The van der Waals surface area contributed by atoms with Gasteiger partial charge in [0.2, 0.25) is 0 Å². The first-order valence-corrected chi connectivity index (χ1v) is 5.76. The fourth-order valence-electron chi connectivity index (χ4n) is 1.47. The van der Waals surface area contributed by atoms with Gasteiger partial charge in [-0.1, -0.05) is 0 Å². The number of carboxylic acids is 1. The van der Waals surface area contributed by atoms with Crippen LogP contribution in [0.1, 0.15) is 6.42 Å². The van der Waals surface area contributed by atoms with E-state index in [-0.39, 0.29) is 13.0 Å². The summed E-state index contributed by atoms with van der Waals surface area (Å²) in [6.45, 7) is -0.169. The maximum atomic E-state index is 11.7. The van der Waals surface area contributed by atoms with E-state index in [2.05, 4.69) is 0 Å². The highest BCUT2D eigenvalue weighted by molar-refractivity contribution is 7.86. The molecule has 2 atom stereocenters. The molecule has 7 nitrogen and oxygen atoms in total. The summed E-state index contributed by atoms with van der Waals surface area (Å²) >= 11 is 0. The smallest absolute Gasteiger partial charge is 0.322 e. The zero-order valence-corrected chi connectivity index (χ0v) is 9.31. The molecule has 0 radical (unpaired) electrons. The topological polar surface area (TPSA) is 98.2 Å². The van der Waals surface area contributed by atoms with Gasteiger partial charge in [-0.15, -0.1) is 0 Å². The zero-order valence-electron chi connectivity index (χ0n) is 8.49. The number of hydrogen-bond donors (Lipinski definition) is 2. The van der Waals surface area contributed by atoms with Crippen LogP contribution in [-0.2, 0) is 15.0 Å². The highest BCUT2D eigenvalue weighted by atomic mass is 32.2. The second-order valence-corrected chi connectivity index (χ2v) is 5.70. The van der Waals surface area contributed by atoms with Gasteiger partial charge in [-0.05, 0) is 0 Å². The Hall–Kier alpha value is -0.700. The Morgan fingerprint density at radius 1 is 1.47 bits per heavy atom. The van der Waals surface area contributed by atoms with E-state index in [0.717, 1.165) is 8.61 Å². The largest absolute Gasteiger partial charge is 0.480 e. The van der Waals surface area contributed by atoms with Crippen molar-refractivity contribution in [3.8, 4) is 0 Å². The van der Waals surface area contributed by atoms with Crippen molar-refractivity contribution in [1.82, 2.24) is 8.61 Å². The molecule has 0 amide bonds. The number of aliphatic hydroxyl groups excluding tert-OH is 1. The maximum Gasteiger partial charge on any atom is 0.322 e. The summed E-state index contributed by atoms with van der Waals surface area (Å²) in [7, 11) is -1.14. The second kappa shape index (κ2) is 4.05. The van der Waals surface area contributed by atoms with Gasteiger partial charge in [-0.25, -0.2) is 0 Å². The van der Waals surface area contributed by atoms with Crippen LogP contribution in [0.5, 0.6) is 0 Å². The van der Waals surface area contributed by atoms with Gasteiger partial charge in [-0.3, -0.25) is 4.79 Å². The molecule has 0 saturated carbocycles. The van der Waals surface area contributed by atoms with Crippen LogP contribution < -0.4 is 0 Å². The van der Waals surface area contributed by atoms with Gasteiger partial charge >= 0.3 is 5.97 Å². The van der Waals surface area contributed by atoms with Crippen LogP contribution >= 0.6 is 0 Å². The zero-order chi connectivity index (χ0) is 11.8. The molecule has 88 valence electrons. The lowest BCUT2D eigenvalue weighted by Crippen LogP contribution is -2.46. The SMILES string of the molecule is CN(C)S(=O)(=O)N1C[C@@H](O)C[C@H]1C(=O)O. The van der Waals surface area contributed by atoms with Crippen molar-refractivity contribution in [3.63, 3.8) is 0 Å². The first kappa shape index (κ1) is 12.4. The van der Waals surface area contributed by atoms with Gasteiger partial charge < -0.3 is 10.2 Å². The number of carbonyl (C=O) groups is 1. The van der Waals surface area contributed by atoms with Crippen LogP contribution in [0.4, 0.5) is 0 Å². The minimum absolute atomic E-state index is 0.0671. The third-order valence-corrected chi connectivity index (χ3v) is 4.20. The molecule has 0 aliphatic carbocycles. The molecule has 1 saturated heterocycles. The molecule has 2 N–H and O–H groups in total. The average Bonchev–Trinajstić information content (AvgIpc) is 2.47. The standard InChI is InChI=1S/C7H14N2O5S/c1-8(2)15(13,14)9-4-5(10)3-6(9)7(11)12/h5-6,10H,3-4H2,1-2H3,(H,11,12)/t5-,6-/m0/s1. The minimum atomic E-state index is -3.78. The Morgan fingerprint density at radius 2 is 2.00 bits per heavy atom. The Labute approximate surface area is 88.1 Å². The number of rotatable bonds is 3. The van der Waals surface area contributed by atoms with Gasteiger partial charge in [0, 0.05) is 27.1 Å². The number of β-amino-alcohol motifs (C(OH)–C–C–N with tert-alkyl or cyclic N) is 1. The third-order valence-electron chi connectivity index (χ3n) is 2.28. The molecule has 0 aromatic carbocycles. The van der Waals surface area contributed by atoms with Crippen molar-refractivity contribution in [2.75, 3.05) is 20.6 Å². The molecule has 1 rings (SSSR count). The molecular weight excluding hydrogens is 224 g/mol. The second-order valence-electron chi connectivity index (χ2n) is 3.60. The van der Waals surface area contributed by atoms with E-state index in [1.54, 1.807) is 0 Å². The van der Waals surface area contributed by atoms with Crippen LogP contribution in [0.3, 0.4) is 0 Å². The lowest BCUT2D eigenvalue weighted by molar-refractivity contribution is -0.140. The Bertz CT molecular complexity index is 352. The Balaban J connectivity index is 2.99. The summed E-state index contributed by atoms with van der Waals surface area (Å²) in [6.07, 6.45) is -0.983. The monoisotopic (exact) mass is 238 g/mol. The number of hydrogen-bond acceptors (Lipinski definition) is 4. The third kappa shape index (κ3) is 2.28. The quantitative estimate of drug-likeness (QED) is 0.611. The first-order valence-electron chi connectivity index (χ1n) is 4.37. The fourth-order valence-corrected chi connectivity index (χ4v) is 2.75. The molecule has 1 aliphatic heterocycles. The van der Waals surface area contributed by atoms with Crippen molar-refractivity contribution in [2.45, 2.75) is 18.6 Å². The van der Waals surface area contributed by atoms with Crippen LogP contribution in [0.2, 0.25) is 0 Å². The van der Waals surface area contributed by atoms with E-state index in [9.17, 15) is 18.3 Å². The lowest BCUT2D eigenvalue weighted by Gasteiger charge is -2.24. The molecule has 15 heavy (non-hydrogen) atoms. The van der Waals surface area contributed by atoms with Crippen molar-refractivity contribution < 1.29 is 23.4 Å². The number of aliphatic hydroxyl groups is 1. The van der Waals surface area contributed by atoms with Gasteiger partial charge in [0.15, 0.2) is 0 Å². The van der Waals surface area contributed by atoms with Gasteiger partial charge in [0.05, 0.1) is 6.10 Å². The van der Waals surface area contributed by atoms with Gasteiger partial charge in [0.25, 0.3) is 10.2 Å². The summed E-state index contributed by atoms with van der Waals surface area (Å²) in [5.41, 5.74) is 0. The summed E-state index contributed by atoms with van der Waals surface area (Å²) in [6, 6.07) is -1.17. The van der Waals surface area contributed by atoms with Crippen LogP contribution in [0.25, 0.3) is 0 Å². The van der Waals surface area contributed by atoms with E-state index in [1.807, 2.05) is 0 Å². The van der Waals surface area contributed by atoms with Crippen LogP contribution in [-0.4, -0.2) is 66.0 Å². The predicted molar refractivity (Wildman–Crippen MR) is 51.4 cm³/mol. The summed E-state index contributed by atoms with van der Waals surface area (Å²) in [5, 5.41) is 18.1. The number of carboxylic acid groups (broad SMARTS) is 1. The van der Waals surface area contributed by atoms with E-state index in [0.29, 0.717) is 0 Å². The molecule has 8 heteroatoms. The van der Waals surface area contributed by atoms with Crippen molar-refractivity contribution in [1.29, 1.82) is 0 Å². The molecule has 1 heterocycles. The normalized spacial score (nSPS) is 28.5. The summed E-state index contributed by atoms with van der Waals surface area (Å²) < 4.78 is 25.1. The maximum absolute atomic E-state index is 11.7. The van der Waals surface area contributed by atoms with Crippen LogP contribution in [0.15, 0.2) is 0 Å². The molecule has 0 spiro atoms. The highest BCUT2D eigenvalue weighted by Crippen LogP contribution is 2.22. The van der Waals surface area contributed by atoms with Gasteiger partial charge in [0.1, 0.15) is 6.04 Å². The predicted octanol–water partition coefficient (Wildman–Crippen LogP) is -1.69. The van der Waals surface area contributed by atoms with Crippen molar-refractivity contribution in [2.24, 2.45) is 0 Å². The van der Waals surface area contributed by atoms with Crippen molar-refractivity contribution in [3.05, 3.63) is 0 Å². The molecule has 0 unspecified atom stereocenters. The van der Waals surface area contributed by atoms with Crippen molar-refractivity contribution >= 4 is 16.2 Å². The molecule has 0 aromatic heterocycles. The molecule has 1 aliphatic rings. The molecule has 0 aromatic rings. The average molecular weight is 238 g/mol. The Morgan fingerprint density at radius 3 is 2.40 bits per heavy atom. The van der Waals surface area contributed by atoms with Gasteiger partial charge in [-0.2, -0.15) is 17.0 Å². The van der Waals surface area contributed by atoms with Crippen LogP contribution in [0, 0.1) is 0 Å². The number of aliphatic carboxylic acids is 1. The first-order chi connectivity index (χ1) is 6.76. The fraction of sp³-hybridized carbons (Fsp3) is 0.857. The minimum Gasteiger partial charge on any atom is -0.480 e. The Kier molecular flexibility index (Phi) is 3.34. The van der Waals surface area contributed by atoms with E-state index >= 15 is 0 Å². The molecular formula is C7H14N2O5S. The highest BCUT2D eigenvalue weighted by Gasteiger charge is 2.43.